The molecule has 0 spiro atoms. The van der Waals surface area contributed by atoms with Gasteiger partial charge in [-0.25, -0.2) is 0 Å². The summed E-state index contributed by atoms with van der Waals surface area (Å²) in [7, 11) is 1.58. The summed E-state index contributed by atoms with van der Waals surface area (Å²) in [4.78, 5) is 24.9. The number of aryl methyl sites for hydroxylation is 1. The summed E-state index contributed by atoms with van der Waals surface area (Å²) >= 11 is 3.93. The Bertz CT molecular complexity index is 919. The van der Waals surface area contributed by atoms with Crippen molar-refractivity contribution in [2.45, 2.75) is 11.3 Å². The maximum Gasteiger partial charge on any atom is 0.267 e. The molecule has 0 aliphatic heterocycles. The van der Waals surface area contributed by atoms with Gasteiger partial charge in [-0.2, -0.15) is 0 Å². The Morgan fingerprint density at radius 1 is 1.23 bits per heavy atom. The molecule has 26 heavy (non-hydrogen) atoms. The Balaban J connectivity index is 1.54. The molecule has 1 aromatic carbocycles. The van der Waals surface area contributed by atoms with E-state index < -0.39 is 0 Å². The SMILES string of the molecule is COc1ccc(C(=O)CSc2nnc(NC(=O)c3cc(C)cs3)s2)cc1. The molecule has 0 unspecified atom stereocenters. The van der Waals surface area contributed by atoms with E-state index in [9.17, 15) is 9.59 Å². The van der Waals surface area contributed by atoms with Crippen molar-refractivity contribution in [3.8, 4) is 5.75 Å². The predicted molar refractivity (Wildman–Crippen MR) is 105 cm³/mol. The number of aromatic nitrogens is 2. The third-order valence-electron chi connectivity index (χ3n) is 3.32. The molecule has 2 aromatic heterocycles. The molecule has 0 atom stereocenters. The third kappa shape index (κ3) is 4.69. The number of thioether (sulfide) groups is 1. The van der Waals surface area contributed by atoms with Crippen LogP contribution in [-0.4, -0.2) is 34.8 Å². The molecule has 3 aromatic rings. The molecule has 2 heterocycles. The lowest BCUT2D eigenvalue weighted by atomic mass is 10.1. The molecule has 134 valence electrons. The van der Waals surface area contributed by atoms with Crippen LogP contribution in [0.1, 0.15) is 25.6 Å². The minimum Gasteiger partial charge on any atom is -0.497 e. The first-order valence-corrected chi connectivity index (χ1v) is 10.2. The molecule has 0 fully saturated rings. The maximum atomic E-state index is 12.2. The van der Waals surface area contributed by atoms with Crippen molar-refractivity contribution < 1.29 is 14.3 Å². The van der Waals surface area contributed by atoms with E-state index in [2.05, 4.69) is 15.5 Å². The zero-order valence-electron chi connectivity index (χ0n) is 14.0. The van der Waals surface area contributed by atoms with Crippen LogP contribution in [0.2, 0.25) is 0 Å². The van der Waals surface area contributed by atoms with Gasteiger partial charge in [0, 0.05) is 5.56 Å². The fourth-order valence-corrected chi connectivity index (χ4v) is 4.45. The molecule has 9 heteroatoms. The Morgan fingerprint density at radius 2 is 2.00 bits per heavy atom. The fraction of sp³-hybridized carbons (Fsp3) is 0.176. The number of ether oxygens (including phenoxy) is 1. The normalized spacial score (nSPS) is 10.5. The van der Waals surface area contributed by atoms with Crippen molar-refractivity contribution in [1.82, 2.24) is 10.2 Å². The van der Waals surface area contributed by atoms with Crippen molar-refractivity contribution in [3.63, 3.8) is 0 Å². The summed E-state index contributed by atoms with van der Waals surface area (Å²) in [6, 6.07) is 8.79. The lowest BCUT2D eigenvalue weighted by molar-refractivity contribution is 0.101. The molecule has 1 amide bonds. The Kier molecular flexibility index (Phi) is 6.02. The second-order valence-electron chi connectivity index (χ2n) is 5.26. The molecule has 6 nitrogen and oxygen atoms in total. The summed E-state index contributed by atoms with van der Waals surface area (Å²) < 4.78 is 5.71. The van der Waals surface area contributed by atoms with Crippen LogP contribution in [0.25, 0.3) is 0 Å². The number of Topliss-reactive ketones (excluding diaryl/α,β-unsaturated/α-hetero) is 1. The molecule has 0 aliphatic rings. The standard InChI is InChI=1S/C17H15N3O3S3/c1-10-7-14(24-8-10)15(22)18-16-19-20-17(26-16)25-9-13(21)11-3-5-12(23-2)6-4-11/h3-8H,9H2,1-2H3,(H,18,19,22). The molecule has 0 saturated heterocycles. The molecule has 3 rings (SSSR count). The highest BCUT2D eigenvalue weighted by molar-refractivity contribution is 8.01. The average molecular weight is 406 g/mol. The number of nitrogens with one attached hydrogen (secondary N) is 1. The van der Waals surface area contributed by atoms with E-state index in [1.165, 1.54) is 34.4 Å². The van der Waals surface area contributed by atoms with Crippen LogP contribution in [-0.2, 0) is 0 Å². The number of thiophene rings is 1. The minimum absolute atomic E-state index is 0.00695. The molecule has 0 aliphatic carbocycles. The first kappa shape index (κ1) is 18.6. The zero-order valence-corrected chi connectivity index (χ0v) is 16.5. The number of ketones is 1. The lowest BCUT2D eigenvalue weighted by Crippen LogP contribution is -2.09. The zero-order chi connectivity index (χ0) is 18.5. The van der Waals surface area contributed by atoms with E-state index in [1.807, 2.05) is 18.4 Å². The number of amides is 1. The maximum absolute atomic E-state index is 12.2. The van der Waals surface area contributed by atoms with Crippen molar-refractivity contribution >= 4 is 51.3 Å². The average Bonchev–Trinajstić information content (AvgIpc) is 3.28. The van der Waals surface area contributed by atoms with Crippen LogP contribution in [0.5, 0.6) is 5.75 Å². The fourth-order valence-electron chi connectivity index (χ4n) is 2.02. The molecule has 0 saturated carbocycles. The van der Waals surface area contributed by atoms with Gasteiger partial charge in [-0.3, -0.25) is 14.9 Å². The smallest absolute Gasteiger partial charge is 0.267 e. The van der Waals surface area contributed by atoms with Gasteiger partial charge >= 0.3 is 0 Å². The number of carbonyl (C=O) groups excluding carboxylic acids is 2. The Hall–Kier alpha value is -2.23. The lowest BCUT2D eigenvalue weighted by Gasteiger charge is -2.01. The number of rotatable bonds is 7. The Labute approximate surface area is 162 Å². The highest BCUT2D eigenvalue weighted by Gasteiger charge is 2.13. The number of benzene rings is 1. The number of hydrogen-bond donors (Lipinski definition) is 1. The first-order chi connectivity index (χ1) is 12.5. The molecular formula is C17H15N3O3S3. The number of carbonyl (C=O) groups is 2. The summed E-state index contributed by atoms with van der Waals surface area (Å²) in [6.45, 7) is 1.94. The largest absolute Gasteiger partial charge is 0.497 e. The third-order valence-corrected chi connectivity index (χ3v) is 6.34. The quantitative estimate of drug-likeness (QED) is 0.361. The number of anilines is 1. The van der Waals surface area contributed by atoms with Gasteiger partial charge in [0.05, 0.1) is 17.7 Å². The van der Waals surface area contributed by atoms with Crippen LogP contribution in [0.15, 0.2) is 40.1 Å². The summed E-state index contributed by atoms with van der Waals surface area (Å²) in [5.41, 5.74) is 1.66. The van der Waals surface area contributed by atoms with Gasteiger partial charge in [0.25, 0.3) is 5.91 Å². The summed E-state index contributed by atoms with van der Waals surface area (Å²) in [6.07, 6.45) is 0. The van der Waals surface area contributed by atoms with Crippen molar-refractivity contribution in [2.24, 2.45) is 0 Å². The monoisotopic (exact) mass is 405 g/mol. The first-order valence-electron chi connectivity index (χ1n) is 7.55. The number of methoxy groups -OCH3 is 1. The van der Waals surface area contributed by atoms with Gasteiger partial charge in [-0.1, -0.05) is 23.1 Å². The highest BCUT2D eigenvalue weighted by Crippen LogP contribution is 2.27. The molecule has 0 radical (unpaired) electrons. The Morgan fingerprint density at radius 3 is 2.65 bits per heavy atom. The number of hydrogen-bond acceptors (Lipinski definition) is 8. The van der Waals surface area contributed by atoms with E-state index in [0.717, 1.165) is 5.56 Å². The van der Waals surface area contributed by atoms with Gasteiger partial charge in [0.15, 0.2) is 10.1 Å². The molecular weight excluding hydrogens is 390 g/mol. The second kappa shape index (κ2) is 8.43. The van der Waals surface area contributed by atoms with Gasteiger partial charge in [-0.05, 0) is 48.2 Å². The van der Waals surface area contributed by atoms with E-state index in [1.54, 1.807) is 31.4 Å². The van der Waals surface area contributed by atoms with E-state index in [0.29, 0.717) is 25.7 Å². The van der Waals surface area contributed by atoms with E-state index in [4.69, 9.17) is 4.74 Å². The van der Waals surface area contributed by atoms with E-state index >= 15 is 0 Å². The predicted octanol–water partition coefficient (Wildman–Crippen LogP) is 4.14. The number of nitrogens with zero attached hydrogens (tertiary/aromatic N) is 2. The molecule has 0 bridgehead atoms. The van der Waals surface area contributed by atoms with Crippen molar-refractivity contribution in [3.05, 3.63) is 51.7 Å². The summed E-state index contributed by atoms with van der Waals surface area (Å²) in [5.74, 6) is 0.746. The minimum atomic E-state index is -0.204. The van der Waals surface area contributed by atoms with Crippen molar-refractivity contribution in [1.29, 1.82) is 0 Å². The van der Waals surface area contributed by atoms with E-state index in [-0.39, 0.29) is 17.4 Å². The van der Waals surface area contributed by atoms with Crippen LogP contribution in [0, 0.1) is 6.92 Å². The van der Waals surface area contributed by atoms with Crippen LogP contribution >= 0.6 is 34.4 Å². The van der Waals surface area contributed by atoms with Crippen LogP contribution in [0.3, 0.4) is 0 Å². The second-order valence-corrected chi connectivity index (χ2v) is 8.37. The topological polar surface area (TPSA) is 81.2 Å². The van der Waals surface area contributed by atoms with Gasteiger partial charge in [0.2, 0.25) is 5.13 Å². The van der Waals surface area contributed by atoms with Gasteiger partial charge in [0.1, 0.15) is 5.75 Å². The van der Waals surface area contributed by atoms with Crippen LogP contribution in [0.4, 0.5) is 5.13 Å². The summed E-state index contributed by atoms with van der Waals surface area (Å²) in [5, 5.41) is 13.0. The van der Waals surface area contributed by atoms with Gasteiger partial charge < -0.3 is 4.74 Å². The highest BCUT2D eigenvalue weighted by atomic mass is 32.2. The van der Waals surface area contributed by atoms with Gasteiger partial charge in [-0.15, -0.1) is 21.5 Å². The van der Waals surface area contributed by atoms with Crippen molar-refractivity contribution in [2.75, 3.05) is 18.2 Å². The van der Waals surface area contributed by atoms with Crippen LogP contribution < -0.4 is 10.1 Å². The molecule has 1 N–H and O–H groups in total.